The predicted octanol–water partition coefficient (Wildman–Crippen LogP) is 1.54. The molecule has 1 aliphatic rings. The molecule has 98 valence electrons. The Morgan fingerprint density at radius 3 is 3.06 bits per heavy atom. The average Bonchev–Trinajstić information content (AvgIpc) is 2.90. The van der Waals surface area contributed by atoms with Gasteiger partial charge in [0.15, 0.2) is 0 Å². The molecule has 5 heteroatoms. The number of para-hydroxylation sites is 1. The molecule has 0 spiro atoms. The van der Waals surface area contributed by atoms with E-state index in [1.807, 2.05) is 6.07 Å². The normalized spacial score (nSPS) is 18.6. The van der Waals surface area contributed by atoms with E-state index in [0.29, 0.717) is 17.9 Å². The smallest absolute Gasteiger partial charge is 0.278 e. The van der Waals surface area contributed by atoms with Crippen LogP contribution in [0.4, 0.5) is 0 Å². The van der Waals surface area contributed by atoms with Gasteiger partial charge in [0.25, 0.3) is 5.91 Å². The maximum Gasteiger partial charge on any atom is 0.278 e. The maximum absolute atomic E-state index is 11.7. The summed E-state index contributed by atoms with van der Waals surface area (Å²) >= 11 is 0. The lowest BCUT2D eigenvalue weighted by Crippen LogP contribution is -2.23. The molecule has 2 rings (SSSR count). The molecule has 1 N–H and O–H groups in total. The van der Waals surface area contributed by atoms with Crippen molar-refractivity contribution in [1.82, 2.24) is 5.48 Å². The van der Waals surface area contributed by atoms with E-state index in [9.17, 15) is 4.79 Å². The lowest BCUT2D eigenvalue weighted by atomic mass is 10.2. The molecule has 1 fully saturated rings. The largest absolute Gasteiger partial charge is 0.490 e. The number of hydrogen-bond acceptors (Lipinski definition) is 4. The van der Waals surface area contributed by atoms with E-state index < -0.39 is 0 Å². The minimum Gasteiger partial charge on any atom is -0.490 e. The summed E-state index contributed by atoms with van der Waals surface area (Å²) in [5.41, 5.74) is 2.74. The van der Waals surface area contributed by atoms with E-state index in [1.54, 1.807) is 18.2 Å². The predicted molar refractivity (Wildman–Crippen MR) is 65.4 cm³/mol. The van der Waals surface area contributed by atoms with Gasteiger partial charge in [-0.05, 0) is 25.0 Å². The lowest BCUT2D eigenvalue weighted by Gasteiger charge is -2.14. The number of rotatable bonds is 5. The fourth-order valence-corrected chi connectivity index (χ4v) is 1.89. The molecular formula is C13H17NO4. The van der Waals surface area contributed by atoms with Gasteiger partial charge >= 0.3 is 0 Å². The highest BCUT2D eigenvalue weighted by Gasteiger charge is 2.18. The molecule has 1 saturated heterocycles. The summed E-state index contributed by atoms with van der Waals surface area (Å²) in [6.45, 7) is 1.26. The van der Waals surface area contributed by atoms with Crippen LogP contribution in [-0.4, -0.2) is 32.3 Å². The van der Waals surface area contributed by atoms with Crippen LogP contribution >= 0.6 is 0 Å². The van der Waals surface area contributed by atoms with Crippen molar-refractivity contribution in [3.8, 4) is 5.75 Å². The summed E-state index contributed by atoms with van der Waals surface area (Å²) in [4.78, 5) is 16.3. The fourth-order valence-electron chi connectivity index (χ4n) is 1.89. The first-order chi connectivity index (χ1) is 8.81. The van der Waals surface area contributed by atoms with Crippen LogP contribution in [-0.2, 0) is 9.57 Å². The Morgan fingerprint density at radius 2 is 2.33 bits per heavy atom. The quantitative estimate of drug-likeness (QED) is 0.806. The van der Waals surface area contributed by atoms with Crippen molar-refractivity contribution in [3.05, 3.63) is 29.8 Å². The standard InChI is InChI=1S/C13H17NO4/c1-16-14-13(15)11-6-2-3-7-12(11)18-9-10-5-4-8-17-10/h2-3,6-7,10H,4-5,8-9H2,1H3,(H,14,15)/t10-/m0/s1. The number of benzene rings is 1. The average molecular weight is 251 g/mol. The van der Waals surface area contributed by atoms with Crippen LogP contribution in [0.1, 0.15) is 23.2 Å². The van der Waals surface area contributed by atoms with Crippen LogP contribution in [0.5, 0.6) is 5.75 Å². The molecule has 5 nitrogen and oxygen atoms in total. The highest BCUT2D eigenvalue weighted by Crippen LogP contribution is 2.20. The van der Waals surface area contributed by atoms with E-state index in [0.717, 1.165) is 19.4 Å². The minimum atomic E-state index is -0.319. The first-order valence-electron chi connectivity index (χ1n) is 5.98. The molecular weight excluding hydrogens is 234 g/mol. The van der Waals surface area contributed by atoms with E-state index >= 15 is 0 Å². The van der Waals surface area contributed by atoms with Crippen molar-refractivity contribution < 1.29 is 19.1 Å². The van der Waals surface area contributed by atoms with E-state index in [1.165, 1.54) is 7.11 Å². The zero-order chi connectivity index (χ0) is 12.8. The lowest BCUT2D eigenvalue weighted by molar-refractivity contribution is 0.0519. The Kier molecular flexibility index (Phi) is 4.55. The van der Waals surface area contributed by atoms with Crippen LogP contribution in [0.3, 0.4) is 0 Å². The molecule has 1 aromatic rings. The Labute approximate surface area is 106 Å². The Hall–Kier alpha value is -1.59. The molecule has 1 aromatic carbocycles. The Morgan fingerprint density at radius 1 is 1.50 bits per heavy atom. The van der Waals surface area contributed by atoms with Crippen LogP contribution < -0.4 is 10.2 Å². The summed E-state index contributed by atoms with van der Waals surface area (Å²) in [7, 11) is 1.40. The molecule has 18 heavy (non-hydrogen) atoms. The van der Waals surface area contributed by atoms with Crippen molar-refractivity contribution in [1.29, 1.82) is 0 Å². The zero-order valence-electron chi connectivity index (χ0n) is 10.3. The van der Waals surface area contributed by atoms with Gasteiger partial charge < -0.3 is 9.47 Å². The molecule has 0 saturated carbocycles. The van der Waals surface area contributed by atoms with Crippen molar-refractivity contribution in [2.24, 2.45) is 0 Å². The third kappa shape index (κ3) is 3.21. The van der Waals surface area contributed by atoms with Gasteiger partial charge in [-0.3, -0.25) is 9.63 Å². The van der Waals surface area contributed by atoms with Gasteiger partial charge in [0.05, 0.1) is 18.8 Å². The van der Waals surface area contributed by atoms with Crippen molar-refractivity contribution in [2.45, 2.75) is 18.9 Å². The summed E-state index contributed by atoms with van der Waals surface area (Å²) < 4.78 is 11.1. The summed E-state index contributed by atoms with van der Waals surface area (Å²) in [5, 5.41) is 0. The molecule has 0 radical (unpaired) electrons. The van der Waals surface area contributed by atoms with E-state index in [4.69, 9.17) is 9.47 Å². The highest BCUT2D eigenvalue weighted by molar-refractivity contribution is 5.96. The highest BCUT2D eigenvalue weighted by atomic mass is 16.6. The second-order valence-corrected chi connectivity index (χ2v) is 4.08. The number of hydrogen-bond donors (Lipinski definition) is 1. The van der Waals surface area contributed by atoms with Gasteiger partial charge in [-0.2, -0.15) is 0 Å². The van der Waals surface area contributed by atoms with Crippen LogP contribution in [0, 0.1) is 0 Å². The summed E-state index contributed by atoms with van der Waals surface area (Å²) in [5.74, 6) is 0.225. The number of carbonyl (C=O) groups is 1. The molecule has 0 aliphatic carbocycles. The maximum atomic E-state index is 11.7. The third-order valence-electron chi connectivity index (χ3n) is 2.78. The van der Waals surface area contributed by atoms with Gasteiger partial charge in [-0.1, -0.05) is 12.1 Å². The van der Waals surface area contributed by atoms with Crippen molar-refractivity contribution in [2.75, 3.05) is 20.3 Å². The third-order valence-corrected chi connectivity index (χ3v) is 2.78. The Balaban J connectivity index is 2.00. The number of carbonyl (C=O) groups excluding carboxylic acids is 1. The van der Waals surface area contributed by atoms with Crippen LogP contribution in [0.25, 0.3) is 0 Å². The molecule has 1 amide bonds. The van der Waals surface area contributed by atoms with Crippen LogP contribution in [0.15, 0.2) is 24.3 Å². The van der Waals surface area contributed by atoms with Gasteiger partial charge in [-0.15, -0.1) is 0 Å². The van der Waals surface area contributed by atoms with Crippen molar-refractivity contribution >= 4 is 5.91 Å². The summed E-state index contributed by atoms with van der Waals surface area (Å²) in [6.07, 6.45) is 2.20. The van der Waals surface area contributed by atoms with Gasteiger partial charge in [0.1, 0.15) is 12.4 Å². The molecule has 1 atom stereocenters. The SMILES string of the molecule is CONC(=O)c1ccccc1OC[C@@H]1CCCO1. The molecule has 0 unspecified atom stereocenters. The van der Waals surface area contributed by atoms with Gasteiger partial charge in [0.2, 0.25) is 0 Å². The number of ether oxygens (including phenoxy) is 2. The topological polar surface area (TPSA) is 56.8 Å². The van der Waals surface area contributed by atoms with Gasteiger partial charge in [-0.25, -0.2) is 5.48 Å². The number of hydroxylamine groups is 1. The Bertz CT molecular complexity index is 402. The van der Waals surface area contributed by atoms with Crippen molar-refractivity contribution in [3.63, 3.8) is 0 Å². The zero-order valence-corrected chi connectivity index (χ0v) is 10.3. The second kappa shape index (κ2) is 6.37. The monoisotopic (exact) mass is 251 g/mol. The number of nitrogens with one attached hydrogen (secondary N) is 1. The molecule has 1 heterocycles. The molecule has 0 aromatic heterocycles. The van der Waals surface area contributed by atoms with Crippen LogP contribution in [0.2, 0.25) is 0 Å². The summed E-state index contributed by atoms with van der Waals surface area (Å²) in [6, 6.07) is 7.07. The van der Waals surface area contributed by atoms with E-state index in [2.05, 4.69) is 10.3 Å². The molecule has 1 aliphatic heterocycles. The number of amides is 1. The second-order valence-electron chi connectivity index (χ2n) is 4.08. The van der Waals surface area contributed by atoms with E-state index in [-0.39, 0.29) is 12.0 Å². The minimum absolute atomic E-state index is 0.128. The van der Waals surface area contributed by atoms with Gasteiger partial charge in [0, 0.05) is 6.61 Å². The first-order valence-corrected chi connectivity index (χ1v) is 5.98. The first kappa shape index (κ1) is 12.9. The molecule has 0 bridgehead atoms. The fraction of sp³-hybridized carbons (Fsp3) is 0.462.